The summed E-state index contributed by atoms with van der Waals surface area (Å²) < 4.78 is 22.4. The number of nitrogens with one attached hydrogen (secondary N) is 1. The molecule has 0 aliphatic rings. The van der Waals surface area contributed by atoms with E-state index in [0.717, 1.165) is 46.5 Å². The number of allylic oxidation sites excluding steroid dienone is 1. The zero-order valence-electron chi connectivity index (χ0n) is 22.1. The van der Waals surface area contributed by atoms with Gasteiger partial charge in [0.25, 0.3) is 5.91 Å². The van der Waals surface area contributed by atoms with Crippen molar-refractivity contribution >= 4 is 17.3 Å². The molecule has 2 aromatic heterocycles. The Morgan fingerprint density at radius 3 is 2.67 bits per heavy atom. The van der Waals surface area contributed by atoms with E-state index in [1.165, 1.54) is 17.0 Å². The van der Waals surface area contributed by atoms with Crippen LogP contribution in [0.15, 0.2) is 58.9 Å². The van der Waals surface area contributed by atoms with Crippen molar-refractivity contribution < 1.29 is 13.9 Å². The fourth-order valence-electron chi connectivity index (χ4n) is 4.25. The predicted molar refractivity (Wildman–Crippen MR) is 143 cm³/mol. The van der Waals surface area contributed by atoms with Gasteiger partial charge >= 0.3 is 0 Å². The Kier molecular flexibility index (Phi) is 9.36. The summed E-state index contributed by atoms with van der Waals surface area (Å²) in [5, 5.41) is 3.15. The highest BCUT2D eigenvalue weighted by Crippen LogP contribution is 2.32. The van der Waals surface area contributed by atoms with E-state index < -0.39 is 0 Å². The van der Waals surface area contributed by atoms with Gasteiger partial charge < -0.3 is 19.4 Å². The number of carbonyl (C=O) groups excluding carboxylic acids is 1. The highest BCUT2D eigenvalue weighted by atomic mass is 19.1. The molecule has 7 nitrogen and oxygen atoms in total. The van der Waals surface area contributed by atoms with Crippen LogP contribution in [0.25, 0.3) is 16.8 Å². The van der Waals surface area contributed by atoms with Gasteiger partial charge in [0, 0.05) is 57.5 Å². The molecule has 0 unspecified atom stereocenters. The molecular formula is C28H36FN5O2. The largest absolute Gasteiger partial charge is 0.492 e. The molecule has 0 bridgehead atoms. The third-order valence-electron chi connectivity index (χ3n) is 6.06. The number of amides is 1. The average Bonchev–Trinajstić information content (AvgIpc) is 3.25. The molecule has 192 valence electrons. The number of ether oxygens (including phenoxy) is 1. The molecule has 3 rings (SSSR count). The molecule has 3 aromatic rings. The number of nitrogens with zero attached hydrogens (tertiary/aromatic N) is 4. The van der Waals surface area contributed by atoms with Gasteiger partial charge in [0.15, 0.2) is 0 Å². The van der Waals surface area contributed by atoms with Crippen LogP contribution in [0.5, 0.6) is 5.75 Å². The number of aliphatic imine (C=N–C) groups is 1. The van der Waals surface area contributed by atoms with Crippen LogP contribution in [0.1, 0.15) is 38.8 Å². The van der Waals surface area contributed by atoms with Gasteiger partial charge in [-0.15, -0.1) is 0 Å². The molecule has 36 heavy (non-hydrogen) atoms. The Labute approximate surface area is 212 Å². The van der Waals surface area contributed by atoms with Gasteiger partial charge in [-0.25, -0.2) is 9.37 Å². The molecule has 0 atom stereocenters. The quantitative estimate of drug-likeness (QED) is 0.386. The summed E-state index contributed by atoms with van der Waals surface area (Å²) >= 11 is 0. The fourth-order valence-corrected chi connectivity index (χ4v) is 4.25. The first-order valence-corrected chi connectivity index (χ1v) is 12.2. The summed E-state index contributed by atoms with van der Waals surface area (Å²) in [5.74, 6) is -0.0590. The molecule has 0 saturated carbocycles. The zero-order valence-corrected chi connectivity index (χ0v) is 22.1. The molecule has 0 aliphatic carbocycles. The van der Waals surface area contributed by atoms with Crippen LogP contribution in [-0.4, -0.2) is 60.7 Å². The Morgan fingerprint density at radius 1 is 1.22 bits per heavy atom. The van der Waals surface area contributed by atoms with Crippen LogP contribution < -0.4 is 10.1 Å². The topological polar surface area (TPSA) is 71.2 Å². The SMILES string of the molecule is CCC/C(C)=C(CCOc1cc(F)ccc1-c1ccc2ncc(CNC)n2c1)\C(=N/C)C(=O)N(C)C. The molecule has 0 radical (unpaired) electrons. The first-order valence-electron chi connectivity index (χ1n) is 12.2. The standard InChI is InChI=1S/C28H36FN5O2/c1-7-8-19(2)23(27(31-4)28(35)33(5)6)13-14-36-25-15-21(29)10-11-24(25)20-9-12-26-32-17-22(16-30-3)34(26)18-20/h9-12,15,17-18,30H,7-8,13-14,16H2,1-6H3/b23-19-,31-27+. The lowest BCUT2D eigenvalue weighted by Crippen LogP contribution is -2.32. The number of imidazole rings is 1. The summed E-state index contributed by atoms with van der Waals surface area (Å²) in [6, 6.07) is 8.47. The number of carbonyl (C=O) groups is 1. The number of fused-ring (bicyclic) bond motifs is 1. The monoisotopic (exact) mass is 493 g/mol. The molecule has 8 heteroatoms. The molecule has 1 amide bonds. The first kappa shape index (κ1) is 27.1. The second-order valence-electron chi connectivity index (χ2n) is 8.95. The molecule has 0 aliphatic heterocycles. The maximum atomic E-state index is 14.2. The van der Waals surface area contributed by atoms with Crippen LogP contribution in [0.4, 0.5) is 4.39 Å². The number of hydrogen-bond donors (Lipinski definition) is 1. The maximum absolute atomic E-state index is 14.2. The minimum absolute atomic E-state index is 0.139. The summed E-state index contributed by atoms with van der Waals surface area (Å²) in [6.45, 7) is 5.09. The van der Waals surface area contributed by atoms with Gasteiger partial charge in [-0.1, -0.05) is 18.9 Å². The smallest absolute Gasteiger partial charge is 0.271 e. The third kappa shape index (κ3) is 6.18. The van der Waals surface area contributed by atoms with Crippen LogP contribution in [0, 0.1) is 5.82 Å². The summed E-state index contributed by atoms with van der Waals surface area (Å²) in [4.78, 5) is 23.0. The van der Waals surface area contributed by atoms with Crippen molar-refractivity contribution in [1.29, 1.82) is 0 Å². The second kappa shape index (κ2) is 12.4. The number of halogens is 1. The van der Waals surface area contributed by atoms with Gasteiger partial charge in [0.1, 0.15) is 22.9 Å². The van der Waals surface area contributed by atoms with E-state index in [2.05, 4.69) is 22.2 Å². The molecule has 2 heterocycles. The normalized spacial score (nSPS) is 12.6. The van der Waals surface area contributed by atoms with E-state index in [1.54, 1.807) is 27.2 Å². The number of benzene rings is 1. The van der Waals surface area contributed by atoms with Crippen molar-refractivity contribution in [2.24, 2.45) is 4.99 Å². The lowest BCUT2D eigenvalue weighted by Gasteiger charge is -2.19. The van der Waals surface area contributed by atoms with Crippen LogP contribution >= 0.6 is 0 Å². The molecule has 0 spiro atoms. The average molecular weight is 494 g/mol. The van der Waals surface area contributed by atoms with Crippen molar-refractivity contribution in [2.45, 2.75) is 39.7 Å². The number of rotatable bonds is 11. The van der Waals surface area contributed by atoms with Gasteiger partial charge in [-0.05, 0) is 50.2 Å². The number of pyridine rings is 1. The highest BCUT2D eigenvalue weighted by molar-refractivity contribution is 6.45. The van der Waals surface area contributed by atoms with Gasteiger partial charge in [0.2, 0.25) is 0 Å². The van der Waals surface area contributed by atoms with Crippen molar-refractivity contribution in [2.75, 3.05) is 34.8 Å². The summed E-state index contributed by atoms with van der Waals surface area (Å²) in [7, 11) is 6.96. The highest BCUT2D eigenvalue weighted by Gasteiger charge is 2.20. The number of aromatic nitrogens is 2. The summed E-state index contributed by atoms with van der Waals surface area (Å²) in [6.07, 6.45) is 6.14. The molecular weight excluding hydrogens is 457 g/mol. The Hall–Kier alpha value is -3.52. The van der Waals surface area contributed by atoms with E-state index in [1.807, 2.05) is 42.9 Å². The Balaban J connectivity index is 1.90. The van der Waals surface area contributed by atoms with Crippen molar-refractivity contribution in [1.82, 2.24) is 19.6 Å². The van der Waals surface area contributed by atoms with Crippen LogP contribution in [0.2, 0.25) is 0 Å². The van der Waals surface area contributed by atoms with E-state index in [9.17, 15) is 9.18 Å². The predicted octanol–water partition coefficient (Wildman–Crippen LogP) is 4.90. The summed E-state index contributed by atoms with van der Waals surface area (Å²) in [5.41, 5.74) is 5.98. The molecule has 1 aromatic carbocycles. The van der Waals surface area contributed by atoms with E-state index in [4.69, 9.17) is 4.74 Å². The zero-order chi connectivity index (χ0) is 26.2. The lowest BCUT2D eigenvalue weighted by molar-refractivity contribution is -0.121. The van der Waals surface area contributed by atoms with Gasteiger partial charge in [-0.3, -0.25) is 9.79 Å². The molecule has 1 N–H and O–H groups in total. The van der Waals surface area contributed by atoms with E-state index in [0.29, 0.717) is 24.4 Å². The van der Waals surface area contributed by atoms with Gasteiger partial charge in [-0.2, -0.15) is 0 Å². The minimum atomic E-state index is -0.371. The van der Waals surface area contributed by atoms with Crippen molar-refractivity contribution in [3.8, 4) is 16.9 Å². The van der Waals surface area contributed by atoms with Crippen LogP contribution in [-0.2, 0) is 11.3 Å². The lowest BCUT2D eigenvalue weighted by atomic mass is 9.97. The molecule has 0 saturated heterocycles. The third-order valence-corrected chi connectivity index (χ3v) is 6.06. The minimum Gasteiger partial charge on any atom is -0.492 e. The Bertz CT molecular complexity index is 1280. The maximum Gasteiger partial charge on any atom is 0.271 e. The van der Waals surface area contributed by atoms with Crippen LogP contribution in [0.3, 0.4) is 0 Å². The van der Waals surface area contributed by atoms with Gasteiger partial charge in [0.05, 0.1) is 18.5 Å². The first-order chi connectivity index (χ1) is 17.3. The molecule has 0 fully saturated rings. The van der Waals surface area contributed by atoms with Crippen molar-refractivity contribution in [3.63, 3.8) is 0 Å². The van der Waals surface area contributed by atoms with Crippen molar-refractivity contribution in [3.05, 3.63) is 65.4 Å². The number of hydrogen-bond acceptors (Lipinski definition) is 5. The fraction of sp³-hybridized carbons (Fsp3) is 0.393. The second-order valence-corrected chi connectivity index (χ2v) is 8.95. The van der Waals surface area contributed by atoms with E-state index >= 15 is 0 Å². The van der Waals surface area contributed by atoms with E-state index in [-0.39, 0.29) is 18.3 Å². The Morgan fingerprint density at radius 2 is 2.00 bits per heavy atom.